The standard InChI is InChI=1S/C19H21NO5/c1-19(2,18(22)23)13-4-6-14(7-5-13)20-17(21)12-25-16-10-8-15(24-3)9-11-16/h4-11H,12H2,1-3H3,(H,20,21)(H,22,23). The van der Waals surface area contributed by atoms with E-state index in [-0.39, 0.29) is 12.5 Å². The number of methoxy groups -OCH3 is 1. The van der Waals surface area contributed by atoms with Gasteiger partial charge in [0.15, 0.2) is 6.61 Å². The van der Waals surface area contributed by atoms with Gasteiger partial charge in [-0.15, -0.1) is 0 Å². The second-order valence-corrected chi connectivity index (χ2v) is 6.02. The number of anilines is 1. The Balaban J connectivity index is 1.90. The number of aliphatic carboxylic acids is 1. The number of carbonyl (C=O) groups excluding carboxylic acids is 1. The lowest BCUT2D eigenvalue weighted by atomic mass is 9.85. The second kappa shape index (κ2) is 7.70. The third-order valence-electron chi connectivity index (χ3n) is 3.85. The van der Waals surface area contributed by atoms with Crippen LogP contribution in [0.3, 0.4) is 0 Å². The van der Waals surface area contributed by atoms with Gasteiger partial charge in [0.25, 0.3) is 5.91 Å². The van der Waals surface area contributed by atoms with Crippen molar-refractivity contribution in [2.75, 3.05) is 19.0 Å². The number of carboxylic acid groups (broad SMARTS) is 1. The van der Waals surface area contributed by atoms with Crippen LogP contribution in [0.4, 0.5) is 5.69 Å². The lowest BCUT2D eigenvalue weighted by Gasteiger charge is -2.19. The van der Waals surface area contributed by atoms with E-state index in [0.717, 1.165) is 0 Å². The van der Waals surface area contributed by atoms with Gasteiger partial charge >= 0.3 is 5.97 Å². The fourth-order valence-electron chi connectivity index (χ4n) is 2.11. The summed E-state index contributed by atoms with van der Waals surface area (Å²) < 4.78 is 10.5. The van der Waals surface area contributed by atoms with Gasteiger partial charge in [-0.25, -0.2) is 0 Å². The van der Waals surface area contributed by atoms with Gasteiger partial charge in [-0.05, 0) is 55.8 Å². The van der Waals surface area contributed by atoms with Gasteiger partial charge in [0.1, 0.15) is 11.5 Å². The Bertz CT molecular complexity index is 735. The number of benzene rings is 2. The molecule has 0 unspecified atom stereocenters. The Morgan fingerprint density at radius 1 is 1.00 bits per heavy atom. The summed E-state index contributed by atoms with van der Waals surface area (Å²) in [4.78, 5) is 23.2. The normalized spacial score (nSPS) is 10.8. The zero-order valence-electron chi connectivity index (χ0n) is 14.4. The van der Waals surface area contributed by atoms with E-state index in [1.54, 1.807) is 69.5 Å². The van der Waals surface area contributed by atoms with E-state index in [1.807, 2.05) is 0 Å². The van der Waals surface area contributed by atoms with E-state index in [1.165, 1.54) is 0 Å². The monoisotopic (exact) mass is 343 g/mol. The van der Waals surface area contributed by atoms with Crippen molar-refractivity contribution in [2.45, 2.75) is 19.3 Å². The maximum Gasteiger partial charge on any atom is 0.313 e. The van der Waals surface area contributed by atoms with Gasteiger partial charge in [0.05, 0.1) is 12.5 Å². The molecule has 0 fully saturated rings. The molecule has 0 saturated heterocycles. The van der Waals surface area contributed by atoms with Crippen LogP contribution in [0.2, 0.25) is 0 Å². The fraction of sp³-hybridized carbons (Fsp3) is 0.263. The summed E-state index contributed by atoms with van der Waals surface area (Å²) in [5.74, 6) is 0.0638. The molecule has 132 valence electrons. The van der Waals surface area contributed by atoms with Gasteiger partial charge in [-0.3, -0.25) is 9.59 Å². The SMILES string of the molecule is COc1ccc(OCC(=O)Nc2ccc(C(C)(C)C(=O)O)cc2)cc1. The summed E-state index contributed by atoms with van der Waals surface area (Å²) in [6, 6.07) is 13.6. The Morgan fingerprint density at radius 3 is 2.08 bits per heavy atom. The number of carboxylic acids is 1. The van der Waals surface area contributed by atoms with E-state index in [2.05, 4.69) is 5.32 Å². The first-order valence-electron chi connectivity index (χ1n) is 7.73. The Labute approximate surface area is 146 Å². The fourth-order valence-corrected chi connectivity index (χ4v) is 2.11. The molecule has 0 heterocycles. The van der Waals surface area contributed by atoms with Crippen LogP contribution in [0.15, 0.2) is 48.5 Å². The van der Waals surface area contributed by atoms with Crippen molar-refractivity contribution >= 4 is 17.6 Å². The molecule has 25 heavy (non-hydrogen) atoms. The Hall–Kier alpha value is -3.02. The number of rotatable bonds is 7. The highest BCUT2D eigenvalue weighted by atomic mass is 16.5. The van der Waals surface area contributed by atoms with Crippen LogP contribution in [-0.2, 0) is 15.0 Å². The topological polar surface area (TPSA) is 84.9 Å². The molecule has 0 atom stereocenters. The third-order valence-corrected chi connectivity index (χ3v) is 3.85. The number of hydrogen-bond acceptors (Lipinski definition) is 4. The number of amides is 1. The molecule has 0 bridgehead atoms. The minimum absolute atomic E-state index is 0.130. The van der Waals surface area contributed by atoms with Crippen molar-refractivity contribution in [1.29, 1.82) is 0 Å². The summed E-state index contributed by atoms with van der Waals surface area (Å²) >= 11 is 0. The molecule has 2 aromatic rings. The van der Waals surface area contributed by atoms with E-state index in [4.69, 9.17) is 9.47 Å². The molecular formula is C19H21NO5. The van der Waals surface area contributed by atoms with Crippen LogP contribution >= 0.6 is 0 Å². The first-order chi connectivity index (χ1) is 11.8. The predicted octanol–water partition coefficient (Wildman–Crippen LogP) is 3.07. The van der Waals surface area contributed by atoms with Gasteiger partial charge in [0, 0.05) is 5.69 Å². The first kappa shape index (κ1) is 18.3. The molecule has 2 rings (SSSR count). The zero-order valence-corrected chi connectivity index (χ0v) is 14.4. The highest BCUT2D eigenvalue weighted by Crippen LogP contribution is 2.24. The number of ether oxygens (including phenoxy) is 2. The van der Waals surface area contributed by atoms with Crippen LogP contribution in [0.5, 0.6) is 11.5 Å². The summed E-state index contributed by atoms with van der Waals surface area (Å²) in [7, 11) is 1.58. The second-order valence-electron chi connectivity index (χ2n) is 6.02. The van der Waals surface area contributed by atoms with Crippen LogP contribution in [-0.4, -0.2) is 30.7 Å². The van der Waals surface area contributed by atoms with Gasteiger partial charge < -0.3 is 19.9 Å². The van der Waals surface area contributed by atoms with Crippen molar-refractivity contribution < 1.29 is 24.2 Å². The molecule has 0 aromatic heterocycles. The van der Waals surface area contributed by atoms with Gasteiger partial charge in [-0.1, -0.05) is 12.1 Å². The van der Waals surface area contributed by atoms with Crippen molar-refractivity contribution in [1.82, 2.24) is 0 Å². The van der Waals surface area contributed by atoms with Crippen molar-refractivity contribution in [3.8, 4) is 11.5 Å². The van der Waals surface area contributed by atoms with Crippen molar-refractivity contribution in [3.63, 3.8) is 0 Å². The summed E-state index contributed by atoms with van der Waals surface area (Å²) in [5.41, 5.74) is 0.251. The maximum absolute atomic E-state index is 11.9. The molecule has 6 nitrogen and oxygen atoms in total. The smallest absolute Gasteiger partial charge is 0.313 e. The summed E-state index contributed by atoms with van der Waals surface area (Å²) in [6.45, 7) is 3.13. The lowest BCUT2D eigenvalue weighted by molar-refractivity contribution is -0.142. The van der Waals surface area contributed by atoms with E-state index < -0.39 is 11.4 Å². The summed E-state index contributed by atoms with van der Waals surface area (Å²) in [6.07, 6.45) is 0. The summed E-state index contributed by atoms with van der Waals surface area (Å²) in [5, 5.41) is 11.9. The van der Waals surface area contributed by atoms with Gasteiger partial charge in [-0.2, -0.15) is 0 Å². The number of hydrogen-bond donors (Lipinski definition) is 2. The average molecular weight is 343 g/mol. The highest BCUT2D eigenvalue weighted by Gasteiger charge is 2.29. The molecule has 0 aliphatic carbocycles. The van der Waals surface area contributed by atoms with Gasteiger partial charge in [0.2, 0.25) is 0 Å². The molecule has 6 heteroatoms. The average Bonchev–Trinajstić information content (AvgIpc) is 2.60. The Kier molecular flexibility index (Phi) is 5.64. The van der Waals surface area contributed by atoms with Crippen LogP contribution in [0.1, 0.15) is 19.4 Å². The van der Waals surface area contributed by atoms with E-state index >= 15 is 0 Å². The molecule has 0 spiro atoms. The molecular weight excluding hydrogens is 322 g/mol. The molecule has 0 saturated carbocycles. The maximum atomic E-state index is 11.9. The lowest BCUT2D eigenvalue weighted by Crippen LogP contribution is -2.28. The highest BCUT2D eigenvalue weighted by molar-refractivity contribution is 5.92. The zero-order chi connectivity index (χ0) is 18.4. The molecule has 0 radical (unpaired) electrons. The first-order valence-corrected chi connectivity index (χ1v) is 7.73. The number of nitrogens with one attached hydrogen (secondary N) is 1. The van der Waals surface area contributed by atoms with Crippen LogP contribution in [0, 0.1) is 0 Å². The van der Waals surface area contributed by atoms with Crippen molar-refractivity contribution in [2.24, 2.45) is 0 Å². The number of carbonyl (C=O) groups is 2. The molecule has 2 N–H and O–H groups in total. The molecule has 0 aliphatic heterocycles. The quantitative estimate of drug-likeness (QED) is 0.807. The Morgan fingerprint density at radius 2 is 1.56 bits per heavy atom. The molecule has 1 amide bonds. The largest absolute Gasteiger partial charge is 0.497 e. The van der Waals surface area contributed by atoms with Crippen molar-refractivity contribution in [3.05, 3.63) is 54.1 Å². The van der Waals surface area contributed by atoms with E-state index in [9.17, 15) is 14.7 Å². The van der Waals surface area contributed by atoms with Crippen LogP contribution < -0.4 is 14.8 Å². The minimum Gasteiger partial charge on any atom is -0.497 e. The van der Waals surface area contributed by atoms with E-state index in [0.29, 0.717) is 22.7 Å². The minimum atomic E-state index is -0.986. The third kappa shape index (κ3) is 4.73. The van der Waals surface area contributed by atoms with Crippen LogP contribution in [0.25, 0.3) is 0 Å². The predicted molar refractivity (Wildman–Crippen MR) is 94.2 cm³/mol. The molecule has 2 aromatic carbocycles. The molecule has 0 aliphatic rings.